The highest BCUT2D eigenvalue weighted by molar-refractivity contribution is 5.90. The summed E-state index contributed by atoms with van der Waals surface area (Å²) in [6.07, 6.45) is -3.31. The molecular weight excluding hydrogens is 310 g/mol. The van der Waals surface area contributed by atoms with Crippen molar-refractivity contribution in [1.82, 2.24) is 19.5 Å². The average molecular weight is 325 g/mol. The second-order valence-corrected chi connectivity index (χ2v) is 4.98. The number of carbonyl (C=O) groups is 1. The molecule has 4 unspecified atom stereocenters. The molecule has 0 amide bonds. The van der Waals surface area contributed by atoms with Crippen LogP contribution in [0.4, 0.5) is 5.82 Å². The standard InChI is InChI=1S/C12H15N5O6/c1-22-12(21)9-15-8(13)5-10(16-9)17(3-14-5)11-7(20)6(19)4(2-18)23-11/h3-4,6-7,11,18-20H,2H2,1H3,(H2,13,15,16). The van der Waals surface area contributed by atoms with E-state index in [9.17, 15) is 15.0 Å². The number of fused-ring (bicyclic) bond motifs is 1. The fourth-order valence-electron chi connectivity index (χ4n) is 2.42. The van der Waals surface area contributed by atoms with Crippen LogP contribution in [0.1, 0.15) is 16.8 Å². The van der Waals surface area contributed by atoms with Gasteiger partial charge in [-0.3, -0.25) is 4.57 Å². The van der Waals surface area contributed by atoms with Gasteiger partial charge in [0.1, 0.15) is 23.8 Å². The molecule has 124 valence electrons. The van der Waals surface area contributed by atoms with Crippen LogP contribution in [0.25, 0.3) is 11.2 Å². The number of rotatable bonds is 3. The van der Waals surface area contributed by atoms with Gasteiger partial charge in [0.2, 0.25) is 5.82 Å². The van der Waals surface area contributed by atoms with E-state index in [2.05, 4.69) is 19.7 Å². The van der Waals surface area contributed by atoms with Gasteiger partial charge >= 0.3 is 5.97 Å². The molecule has 2 aromatic heterocycles. The molecule has 0 spiro atoms. The molecule has 11 heteroatoms. The van der Waals surface area contributed by atoms with Crippen LogP contribution in [0.3, 0.4) is 0 Å². The van der Waals surface area contributed by atoms with Crippen molar-refractivity contribution in [3.8, 4) is 0 Å². The summed E-state index contributed by atoms with van der Waals surface area (Å²) in [5.74, 6) is -1.10. The molecule has 5 N–H and O–H groups in total. The lowest BCUT2D eigenvalue weighted by Gasteiger charge is -2.16. The molecular formula is C12H15N5O6. The number of aliphatic hydroxyl groups is 3. The first-order valence-electron chi connectivity index (χ1n) is 6.68. The first-order chi connectivity index (χ1) is 11.0. The van der Waals surface area contributed by atoms with Crippen molar-refractivity contribution < 1.29 is 29.6 Å². The number of hydrogen-bond acceptors (Lipinski definition) is 10. The Kier molecular flexibility index (Phi) is 3.85. The smallest absolute Gasteiger partial charge is 0.376 e. The fourth-order valence-corrected chi connectivity index (χ4v) is 2.42. The number of nitrogens with zero attached hydrogens (tertiary/aromatic N) is 4. The number of aromatic nitrogens is 4. The van der Waals surface area contributed by atoms with Gasteiger partial charge < -0.3 is 30.5 Å². The van der Waals surface area contributed by atoms with Crippen molar-refractivity contribution in [3.05, 3.63) is 12.2 Å². The van der Waals surface area contributed by atoms with E-state index in [0.717, 1.165) is 0 Å². The van der Waals surface area contributed by atoms with E-state index >= 15 is 0 Å². The number of methoxy groups -OCH3 is 1. The SMILES string of the molecule is COC(=O)c1nc(N)c2ncn(C3OC(CO)C(O)C3O)c2n1. The predicted molar refractivity (Wildman–Crippen MR) is 74.1 cm³/mol. The molecule has 1 saturated heterocycles. The Morgan fingerprint density at radius 3 is 2.78 bits per heavy atom. The maximum Gasteiger partial charge on any atom is 0.376 e. The van der Waals surface area contributed by atoms with Gasteiger partial charge in [-0.25, -0.2) is 19.7 Å². The highest BCUT2D eigenvalue weighted by atomic mass is 16.6. The van der Waals surface area contributed by atoms with E-state index in [4.69, 9.17) is 15.6 Å². The molecule has 0 saturated carbocycles. The van der Waals surface area contributed by atoms with Gasteiger partial charge in [-0.1, -0.05) is 0 Å². The summed E-state index contributed by atoms with van der Waals surface area (Å²) < 4.78 is 11.3. The van der Waals surface area contributed by atoms with E-state index in [-0.39, 0.29) is 22.8 Å². The Morgan fingerprint density at radius 2 is 2.17 bits per heavy atom. The van der Waals surface area contributed by atoms with Gasteiger partial charge in [-0.2, -0.15) is 0 Å². The van der Waals surface area contributed by atoms with Crippen molar-refractivity contribution in [2.45, 2.75) is 24.5 Å². The Hall–Kier alpha value is -2.34. The van der Waals surface area contributed by atoms with Gasteiger partial charge in [-0.15, -0.1) is 0 Å². The average Bonchev–Trinajstić information content (AvgIpc) is 3.09. The van der Waals surface area contributed by atoms with Gasteiger partial charge in [0.25, 0.3) is 0 Å². The maximum absolute atomic E-state index is 11.6. The monoisotopic (exact) mass is 325 g/mol. The zero-order chi connectivity index (χ0) is 16.7. The first kappa shape index (κ1) is 15.6. The van der Waals surface area contributed by atoms with E-state index in [0.29, 0.717) is 0 Å². The van der Waals surface area contributed by atoms with Gasteiger partial charge in [0.15, 0.2) is 17.7 Å². The van der Waals surface area contributed by atoms with Crippen LogP contribution in [0.5, 0.6) is 0 Å². The molecule has 0 radical (unpaired) electrons. The maximum atomic E-state index is 11.6. The number of imidazole rings is 1. The summed E-state index contributed by atoms with van der Waals surface area (Å²) in [4.78, 5) is 23.4. The van der Waals surface area contributed by atoms with Gasteiger partial charge in [0.05, 0.1) is 20.0 Å². The van der Waals surface area contributed by atoms with E-state index < -0.39 is 37.1 Å². The molecule has 1 fully saturated rings. The normalized spacial score (nSPS) is 27.5. The van der Waals surface area contributed by atoms with Crippen molar-refractivity contribution in [3.63, 3.8) is 0 Å². The Bertz CT molecular complexity index is 749. The lowest BCUT2D eigenvalue weighted by atomic mass is 10.1. The number of esters is 1. The van der Waals surface area contributed by atoms with Crippen LogP contribution in [0, 0.1) is 0 Å². The molecule has 3 heterocycles. The number of ether oxygens (including phenoxy) is 2. The third kappa shape index (κ3) is 2.39. The lowest BCUT2D eigenvalue weighted by Crippen LogP contribution is -2.33. The summed E-state index contributed by atoms with van der Waals surface area (Å²) in [7, 11) is 1.18. The molecule has 4 atom stereocenters. The molecule has 0 bridgehead atoms. The molecule has 1 aliphatic heterocycles. The number of carbonyl (C=O) groups excluding carboxylic acids is 1. The summed E-state index contributed by atoms with van der Waals surface area (Å²) >= 11 is 0. The van der Waals surface area contributed by atoms with Crippen molar-refractivity contribution >= 4 is 23.0 Å². The molecule has 23 heavy (non-hydrogen) atoms. The fraction of sp³-hybridized carbons (Fsp3) is 0.500. The van der Waals surface area contributed by atoms with Crippen LogP contribution in [-0.2, 0) is 9.47 Å². The number of anilines is 1. The minimum Gasteiger partial charge on any atom is -0.463 e. The van der Waals surface area contributed by atoms with Crippen LogP contribution in [0.2, 0.25) is 0 Å². The highest BCUT2D eigenvalue weighted by Crippen LogP contribution is 2.31. The number of hydrogen-bond donors (Lipinski definition) is 4. The summed E-state index contributed by atoms with van der Waals surface area (Å²) in [6.45, 7) is -0.466. The van der Waals surface area contributed by atoms with E-state index in [1.807, 2.05) is 0 Å². The molecule has 1 aliphatic rings. The van der Waals surface area contributed by atoms with Gasteiger partial charge in [0, 0.05) is 0 Å². The number of aliphatic hydroxyl groups excluding tert-OH is 3. The van der Waals surface area contributed by atoms with Crippen molar-refractivity contribution in [2.75, 3.05) is 19.5 Å². The molecule has 2 aromatic rings. The minimum atomic E-state index is -1.32. The second-order valence-electron chi connectivity index (χ2n) is 4.98. The van der Waals surface area contributed by atoms with E-state index in [1.165, 1.54) is 18.0 Å². The Morgan fingerprint density at radius 1 is 1.43 bits per heavy atom. The van der Waals surface area contributed by atoms with Crippen LogP contribution < -0.4 is 5.73 Å². The highest BCUT2D eigenvalue weighted by Gasteiger charge is 2.44. The molecule has 11 nitrogen and oxygen atoms in total. The zero-order valence-electron chi connectivity index (χ0n) is 12.0. The topological polar surface area (TPSA) is 166 Å². The lowest BCUT2D eigenvalue weighted by molar-refractivity contribution is -0.0511. The Balaban J connectivity index is 2.08. The van der Waals surface area contributed by atoms with Crippen LogP contribution in [0.15, 0.2) is 6.33 Å². The number of nitrogen functional groups attached to an aromatic ring is 1. The summed E-state index contributed by atoms with van der Waals surface area (Å²) in [6, 6.07) is 0. The first-order valence-corrected chi connectivity index (χ1v) is 6.68. The van der Waals surface area contributed by atoms with Crippen molar-refractivity contribution in [2.24, 2.45) is 0 Å². The molecule has 3 rings (SSSR count). The van der Waals surface area contributed by atoms with Crippen LogP contribution >= 0.6 is 0 Å². The molecule has 0 aromatic carbocycles. The third-order valence-electron chi connectivity index (χ3n) is 3.61. The van der Waals surface area contributed by atoms with Gasteiger partial charge in [-0.05, 0) is 0 Å². The second kappa shape index (κ2) is 5.70. The quantitative estimate of drug-likeness (QED) is 0.455. The minimum absolute atomic E-state index is 0.0408. The predicted octanol–water partition coefficient (Wildman–Crippen LogP) is -2.19. The largest absolute Gasteiger partial charge is 0.463 e. The zero-order valence-corrected chi connectivity index (χ0v) is 12.0. The van der Waals surface area contributed by atoms with Crippen LogP contribution in [-0.4, -0.2) is 72.8 Å². The van der Waals surface area contributed by atoms with Crippen molar-refractivity contribution in [1.29, 1.82) is 0 Å². The third-order valence-corrected chi connectivity index (χ3v) is 3.61. The Labute approximate surface area is 129 Å². The summed E-state index contributed by atoms with van der Waals surface area (Å²) in [5.41, 5.74) is 6.09. The number of nitrogens with two attached hydrogens (primary N) is 1. The summed E-state index contributed by atoms with van der Waals surface area (Å²) in [5, 5.41) is 29.1. The molecule has 0 aliphatic carbocycles. The van der Waals surface area contributed by atoms with E-state index in [1.54, 1.807) is 0 Å².